The summed E-state index contributed by atoms with van der Waals surface area (Å²) in [4.78, 5) is 17.4. The van der Waals surface area contributed by atoms with Crippen molar-refractivity contribution in [2.75, 3.05) is 14.2 Å². The van der Waals surface area contributed by atoms with E-state index in [2.05, 4.69) is 16.3 Å². The highest BCUT2D eigenvalue weighted by Gasteiger charge is 2.34. The maximum Gasteiger partial charge on any atom is 0.261 e. The van der Waals surface area contributed by atoms with E-state index < -0.39 is 0 Å². The third-order valence-electron chi connectivity index (χ3n) is 5.15. The monoisotopic (exact) mass is 372 g/mol. The van der Waals surface area contributed by atoms with E-state index in [-0.39, 0.29) is 11.9 Å². The minimum Gasteiger partial charge on any atom is -0.497 e. The second kappa shape index (κ2) is 6.93. The number of carbonyl (C=O) groups is 1. The minimum atomic E-state index is -0.174. The third kappa shape index (κ3) is 3.31. The van der Waals surface area contributed by atoms with Gasteiger partial charge in [-0.3, -0.25) is 9.69 Å². The predicted molar refractivity (Wildman–Crippen MR) is 102 cm³/mol. The summed E-state index contributed by atoms with van der Waals surface area (Å²) >= 11 is 1.62. The van der Waals surface area contributed by atoms with Crippen LogP contribution in [0.3, 0.4) is 0 Å². The summed E-state index contributed by atoms with van der Waals surface area (Å²) in [6.45, 7) is 3.95. The topological polar surface area (TPSA) is 50.8 Å². The normalized spacial score (nSPS) is 17.7. The van der Waals surface area contributed by atoms with Gasteiger partial charge in [-0.05, 0) is 49.6 Å². The van der Waals surface area contributed by atoms with Crippen molar-refractivity contribution in [3.05, 3.63) is 45.1 Å². The number of amides is 1. The van der Waals surface area contributed by atoms with Crippen molar-refractivity contribution in [2.24, 2.45) is 0 Å². The average Bonchev–Trinajstić information content (AvgIpc) is 3.30. The lowest BCUT2D eigenvalue weighted by molar-refractivity contribution is 0.0943. The summed E-state index contributed by atoms with van der Waals surface area (Å²) < 4.78 is 10.7. The second-order valence-corrected chi connectivity index (χ2v) is 8.14. The molecule has 1 unspecified atom stereocenters. The summed E-state index contributed by atoms with van der Waals surface area (Å²) in [5, 5.41) is 3.10. The molecule has 1 saturated carbocycles. The van der Waals surface area contributed by atoms with Gasteiger partial charge in [-0.1, -0.05) is 0 Å². The first-order valence-electron chi connectivity index (χ1n) is 8.97. The van der Waals surface area contributed by atoms with Gasteiger partial charge in [0.2, 0.25) is 0 Å². The summed E-state index contributed by atoms with van der Waals surface area (Å²) in [5.74, 6) is 1.46. The first-order valence-corrected chi connectivity index (χ1v) is 9.79. The van der Waals surface area contributed by atoms with Gasteiger partial charge in [0, 0.05) is 29.6 Å². The fourth-order valence-electron chi connectivity index (χ4n) is 3.53. The fourth-order valence-corrected chi connectivity index (χ4v) is 4.63. The first kappa shape index (κ1) is 17.4. The number of thiophene rings is 1. The molecular formula is C20H24N2O3S. The molecule has 1 aliphatic heterocycles. The lowest BCUT2D eigenvalue weighted by Crippen LogP contribution is -2.26. The first-order chi connectivity index (χ1) is 12.6. The van der Waals surface area contributed by atoms with Crippen LogP contribution in [0.2, 0.25) is 0 Å². The van der Waals surface area contributed by atoms with Crippen LogP contribution in [0.1, 0.15) is 51.5 Å². The average molecular weight is 372 g/mol. The second-order valence-electron chi connectivity index (χ2n) is 7.00. The number of nitrogens with zero attached hydrogens (tertiary/aromatic N) is 1. The largest absolute Gasteiger partial charge is 0.497 e. The Morgan fingerprint density at radius 2 is 2.04 bits per heavy atom. The van der Waals surface area contributed by atoms with Crippen molar-refractivity contribution in [3.8, 4) is 11.5 Å². The molecule has 0 saturated heterocycles. The van der Waals surface area contributed by atoms with Crippen LogP contribution in [-0.4, -0.2) is 31.1 Å². The van der Waals surface area contributed by atoms with Crippen LogP contribution in [0.25, 0.3) is 0 Å². The molecule has 0 bridgehead atoms. The van der Waals surface area contributed by atoms with Crippen molar-refractivity contribution in [3.63, 3.8) is 0 Å². The van der Waals surface area contributed by atoms with E-state index in [4.69, 9.17) is 9.47 Å². The molecule has 2 aromatic rings. The van der Waals surface area contributed by atoms with Crippen LogP contribution in [0.4, 0.5) is 0 Å². The molecule has 2 aliphatic rings. The summed E-state index contributed by atoms with van der Waals surface area (Å²) in [5.41, 5.74) is 2.22. The number of methoxy groups -OCH3 is 2. The fraction of sp³-hybridized carbons (Fsp3) is 0.450. The Kier molecular flexibility index (Phi) is 4.63. The molecule has 1 aromatic carbocycles. The van der Waals surface area contributed by atoms with E-state index in [9.17, 15) is 4.79 Å². The van der Waals surface area contributed by atoms with Crippen LogP contribution >= 0.6 is 11.3 Å². The zero-order valence-electron chi connectivity index (χ0n) is 15.4. The molecule has 1 N–H and O–H groups in total. The number of hydrogen-bond acceptors (Lipinski definition) is 5. The highest BCUT2D eigenvalue weighted by atomic mass is 32.1. The van der Waals surface area contributed by atoms with Crippen LogP contribution in [0.5, 0.6) is 11.5 Å². The zero-order chi connectivity index (χ0) is 18.3. The number of fused-ring (bicyclic) bond motifs is 1. The number of rotatable bonds is 6. The van der Waals surface area contributed by atoms with E-state index in [1.165, 1.54) is 23.3 Å². The van der Waals surface area contributed by atoms with Gasteiger partial charge in [0.05, 0.1) is 25.1 Å². The van der Waals surface area contributed by atoms with Crippen molar-refractivity contribution < 1.29 is 14.3 Å². The summed E-state index contributed by atoms with van der Waals surface area (Å²) in [6, 6.07) is 8.29. The van der Waals surface area contributed by atoms with Gasteiger partial charge in [-0.15, -0.1) is 11.3 Å². The molecule has 1 fully saturated rings. The lowest BCUT2D eigenvalue weighted by Gasteiger charge is -2.18. The molecule has 138 valence electrons. The Balaban J connectivity index is 1.46. The number of carbonyl (C=O) groups excluding carboxylic acids is 1. The molecular weight excluding hydrogens is 348 g/mol. The number of hydrogen-bond donors (Lipinski definition) is 1. The zero-order valence-corrected chi connectivity index (χ0v) is 16.2. The number of ether oxygens (including phenoxy) is 2. The highest BCUT2D eigenvalue weighted by molar-refractivity contribution is 7.14. The molecule has 1 aliphatic carbocycles. The van der Waals surface area contributed by atoms with Gasteiger partial charge in [-0.2, -0.15) is 0 Å². The van der Waals surface area contributed by atoms with Gasteiger partial charge in [0.1, 0.15) is 11.5 Å². The molecule has 4 rings (SSSR count). The molecule has 1 amide bonds. The maximum atomic E-state index is 12.7. The molecule has 2 heterocycles. The molecule has 5 nitrogen and oxygen atoms in total. The van der Waals surface area contributed by atoms with E-state index in [1.807, 2.05) is 25.1 Å². The Hall–Kier alpha value is -2.05. The maximum absolute atomic E-state index is 12.7. The van der Waals surface area contributed by atoms with Crippen molar-refractivity contribution in [2.45, 2.75) is 44.9 Å². The van der Waals surface area contributed by atoms with Gasteiger partial charge in [-0.25, -0.2) is 0 Å². The molecule has 0 spiro atoms. The van der Waals surface area contributed by atoms with Gasteiger partial charge >= 0.3 is 0 Å². The van der Waals surface area contributed by atoms with Crippen molar-refractivity contribution in [1.82, 2.24) is 10.2 Å². The van der Waals surface area contributed by atoms with Crippen LogP contribution < -0.4 is 14.8 Å². The standard InChI is InChI=1S/C20H24N2O3S/c1-12(16-9-15(24-2)6-7-17(16)25-3)21-20(23)18-8-13-10-22(14-4-5-14)11-19(13)26-18/h6-9,12,14H,4-5,10-11H2,1-3H3,(H,21,23). The summed E-state index contributed by atoms with van der Waals surface area (Å²) in [6.07, 6.45) is 2.64. The Morgan fingerprint density at radius 3 is 2.69 bits per heavy atom. The summed E-state index contributed by atoms with van der Waals surface area (Å²) in [7, 11) is 3.27. The lowest BCUT2D eigenvalue weighted by atomic mass is 10.1. The Bertz CT molecular complexity index is 805. The molecule has 6 heteroatoms. The molecule has 1 aromatic heterocycles. The van der Waals surface area contributed by atoms with E-state index in [0.717, 1.165) is 41.1 Å². The highest BCUT2D eigenvalue weighted by Crippen LogP contribution is 2.38. The van der Waals surface area contributed by atoms with Gasteiger partial charge in [0.15, 0.2) is 0 Å². The Labute approximate surface area is 157 Å². The van der Waals surface area contributed by atoms with Crippen LogP contribution in [0, 0.1) is 0 Å². The van der Waals surface area contributed by atoms with Crippen molar-refractivity contribution in [1.29, 1.82) is 0 Å². The van der Waals surface area contributed by atoms with Crippen LogP contribution in [0.15, 0.2) is 24.3 Å². The van der Waals surface area contributed by atoms with Gasteiger partial charge < -0.3 is 14.8 Å². The number of nitrogens with one attached hydrogen (secondary N) is 1. The molecule has 1 atom stereocenters. The van der Waals surface area contributed by atoms with E-state index >= 15 is 0 Å². The van der Waals surface area contributed by atoms with Crippen molar-refractivity contribution >= 4 is 17.2 Å². The van der Waals surface area contributed by atoms with Crippen LogP contribution in [-0.2, 0) is 13.1 Å². The van der Waals surface area contributed by atoms with E-state index in [1.54, 1.807) is 25.6 Å². The SMILES string of the molecule is COc1ccc(OC)c(C(C)NC(=O)c2cc3c(s2)CN(C2CC2)C3)c1. The van der Waals surface area contributed by atoms with Gasteiger partial charge in [0.25, 0.3) is 5.91 Å². The predicted octanol–water partition coefficient (Wildman–Crippen LogP) is 3.73. The Morgan fingerprint density at radius 1 is 1.23 bits per heavy atom. The smallest absolute Gasteiger partial charge is 0.261 e. The third-order valence-corrected chi connectivity index (χ3v) is 6.32. The number of benzene rings is 1. The quantitative estimate of drug-likeness (QED) is 0.839. The molecule has 0 radical (unpaired) electrons. The minimum absolute atomic E-state index is 0.0280. The van der Waals surface area contributed by atoms with E-state index in [0.29, 0.717) is 0 Å². The molecule has 26 heavy (non-hydrogen) atoms.